The van der Waals surface area contributed by atoms with E-state index in [1.807, 2.05) is 4.40 Å². The van der Waals surface area contributed by atoms with E-state index in [0.717, 1.165) is 31.8 Å². The fraction of sp³-hybridized carbons (Fsp3) is 0.462. The number of aromatic carboxylic acids is 1. The second kappa shape index (κ2) is 4.62. The number of carboxylic acids is 1. The zero-order valence-electron chi connectivity index (χ0n) is 10.8. The van der Waals surface area contributed by atoms with Crippen LogP contribution in [0.15, 0.2) is 18.3 Å². The number of carboxylic acid groups (broad SMARTS) is 1. The molecule has 100 valence electrons. The molecule has 1 unspecified atom stereocenters. The van der Waals surface area contributed by atoms with Gasteiger partial charge in [-0.05, 0) is 38.1 Å². The summed E-state index contributed by atoms with van der Waals surface area (Å²) in [5, 5.41) is 17.5. The number of fused-ring (bicyclic) bond motifs is 1. The Bertz CT molecular complexity index is 622. The second-order valence-electron chi connectivity index (χ2n) is 4.80. The van der Waals surface area contributed by atoms with Gasteiger partial charge in [-0.15, -0.1) is 10.2 Å². The van der Waals surface area contributed by atoms with Gasteiger partial charge in [0.1, 0.15) is 0 Å². The highest BCUT2D eigenvalue weighted by molar-refractivity contribution is 5.87. The topological polar surface area (TPSA) is 70.7 Å². The Balaban J connectivity index is 2.08. The van der Waals surface area contributed by atoms with Crippen molar-refractivity contribution in [3.63, 3.8) is 0 Å². The summed E-state index contributed by atoms with van der Waals surface area (Å²) in [6.07, 6.45) is 3.80. The first-order chi connectivity index (χ1) is 9.20. The molecule has 2 aromatic rings. The van der Waals surface area contributed by atoms with E-state index >= 15 is 0 Å². The minimum absolute atomic E-state index is 0.240. The first kappa shape index (κ1) is 12.1. The summed E-state index contributed by atoms with van der Waals surface area (Å²) in [5.74, 6) is -0.0854. The van der Waals surface area contributed by atoms with Crippen LogP contribution in [0.2, 0.25) is 0 Å². The largest absolute Gasteiger partial charge is 0.478 e. The SMILES string of the molecule is CCN1CCCC1c1nnc2ccc(C(=O)O)cn12. The monoisotopic (exact) mass is 260 g/mol. The third-order valence-corrected chi connectivity index (χ3v) is 3.74. The van der Waals surface area contributed by atoms with Crippen molar-refractivity contribution in [1.82, 2.24) is 19.5 Å². The minimum Gasteiger partial charge on any atom is -0.478 e. The summed E-state index contributed by atoms with van der Waals surface area (Å²) in [7, 11) is 0. The molecule has 3 heterocycles. The van der Waals surface area contributed by atoms with Gasteiger partial charge in [0.05, 0.1) is 11.6 Å². The van der Waals surface area contributed by atoms with Crippen LogP contribution in [0.5, 0.6) is 0 Å². The van der Waals surface area contributed by atoms with E-state index in [-0.39, 0.29) is 11.6 Å². The van der Waals surface area contributed by atoms with Gasteiger partial charge in [0.25, 0.3) is 0 Å². The zero-order valence-corrected chi connectivity index (χ0v) is 10.8. The highest BCUT2D eigenvalue weighted by Gasteiger charge is 2.28. The van der Waals surface area contributed by atoms with Crippen LogP contribution in [0.4, 0.5) is 0 Å². The molecule has 6 heteroatoms. The van der Waals surface area contributed by atoms with Gasteiger partial charge in [-0.3, -0.25) is 9.30 Å². The highest BCUT2D eigenvalue weighted by atomic mass is 16.4. The van der Waals surface area contributed by atoms with Gasteiger partial charge in [-0.2, -0.15) is 0 Å². The molecule has 0 spiro atoms. The maximum Gasteiger partial charge on any atom is 0.337 e. The fourth-order valence-electron chi connectivity index (χ4n) is 2.76. The van der Waals surface area contributed by atoms with Crippen LogP contribution < -0.4 is 0 Å². The van der Waals surface area contributed by atoms with Crippen LogP contribution >= 0.6 is 0 Å². The molecule has 1 saturated heterocycles. The number of nitrogens with zero attached hydrogens (tertiary/aromatic N) is 4. The summed E-state index contributed by atoms with van der Waals surface area (Å²) < 4.78 is 1.81. The molecule has 0 saturated carbocycles. The number of aromatic nitrogens is 3. The number of hydrogen-bond donors (Lipinski definition) is 1. The fourth-order valence-corrected chi connectivity index (χ4v) is 2.76. The van der Waals surface area contributed by atoms with Crippen molar-refractivity contribution < 1.29 is 9.90 Å². The lowest BCUT2D eigenvalue weighted by atomic mass is 10.2. The van der Waals surface area contributed by atoms with Crippen LogP contribution in [0.1, 0.15) is 42.0 Å². The molecule has 1 aliphatic rings. The van der Waals surface area contributed by atoms with Crippen molar-refractivity contribution >= 4 is 11.6 Å². The van der Waals surface area contributed by atoms with Crippen LogP contribution in [0, 0.1) is 0 Å². The molecular weight excluding hydrogens is 244 g/mol. The van der Waals surface area contributed by atoms with Crippen molar-refractivity contribution in [2.45, 2.75) is 25.8 Å². The Kier molecular flexibility index (Phi) is 2.94. The standard InChI is InChI=1S/C13H16N4O2/c1-2-16-7-3-4-10(16)12-15-14-11-6-5-9(13(18)19)8-17(11)12/h5-6,8,10H,2-4,7H2,1H3,(H,18,19). The summed E-state index contributed by atoms with van der Waals surface area (Å²) in [6, 6.07) is 3.50. The molecule has 1 N–H and O–H groups in total. The third kappa shape index (κ3) is 1.98. The zero-order chi connectivity index (χ0) is 13.4. The Labute approximate surface area is 110 Å². The van der Waals surface area contributed by atoms with Crippen molar-refractivity contribution in [2.24, 2.45) is 0 Å². The summed E-state index contributed by atoms with van der Waals surface area (Å²) in [6.45, 7) is 4.16. The predicted molar refractivity (Wildman–Crippen MR) is 69.2 cm³/mol. The van der Waals surface area contributed by atoms with Gasteiger partial charge in [0, 0.05) is 6.20 Å². The molecule has 0 bridgehead atoms. The average molecular weight is 260 g/mol. The maximum atomic E-state index is 11.1. The van der Waals surface area contributed by atoms with Gasteiger partial charge in [0.2, 0.25) is 0 Å². The molecule has 1 atom stereocenters. The Hall–Kier alpha value is -1.95. The first-order valence-corrected chi connectivity index (χ1v) is 6.52. The molecule has 3 rings (SSSR count). The smallest absolute Gasteiger partial charge is 0.337 e. The van der Waals surface area contributed by atoms with E-state index in [2.05, 4.69) is 22.0 Å². The normalized spacial score (nSPS) is 20.2. The Morgan fingerprint density at radius 3 is 3.05 bits per heavy atom. The van der Waals surface area contributed by atoms with Crippen LogP contribution in [0.25, 0.3) is 5.65 Å². The molecule has 0 radical (unpaired) electrons. The molecular formula is C13H16N4O2. The Morgan fingerprint density at radius 1 is 1.47 bits per heavy atom. The van der Waals surface area contributed by atoms with Crippen molar-refractivity contribution in [1.29, 1.82) is 0 Å². The van der Waals surface area contributed by atoms with E-state index in [4.69, 9.17) is 5.11 Å². The van der Waals surface area contributed by atoms with Gasteiger partial charge in [0.15, 0.2) is 11.5 Å². The lowest BCUT2D eigenvalue weighted by Crippen LogP contribution is -2.24. The van der Waals surface area contributed by atoms with Gasteiger partial charge in [-0.25, -0.2) is 4.79 Å². The summed E-state index contributed by atoms with van der Waals surface area (Å²) in [4.78, 5) is 13.4. The van der Waals surface area contributed by atoms with Crippen LogP contribution in [0.3, 0.4) is 0 Å². The van der Waals surface area contributed by atoms with E-state index in [9.17, 15) is 4.79 Å². The molecule has 19 heavy (non-hydrogen) atoms. The van der Waals surface area contributed by atoms with E-state index < -0.39 is 5.97 Å². The van der Waals surface area contributed by atoms with E-state index in [1.165, 1.54) is 0 Å². The minimum atomic E-state index is -0.930. The van der Waals surface area contributed by atoms with Gasteiger partial charge < -0.3 is 5.11 Å². The molecule has 0 amide bonds. The predicted octanol–water partition coefficient (Wildman–Crippen LogP) is 1.58. The lowest BCUT2D eigenvalue weighted by Gasteiger charge is -2.20. The number of likely N-dealkylation sites (tertiary alicyclic amines) is 1. The summed E-state index contributed by atoms with van der Waals surface area (Å²) in [5.41, 5.74) is 0.956. The molecule has 2 aromatic heterocycles. The van der Waals surface area contributed by atoms with Crippen LogP contribution in [-0.2, 0) is 0 Å². The van der Waals surface area contributed by atoms with Crippen molar-refractivity contribution in [3.8, 4) is 0 Å². The number of carbonyl (C=O) groups is 1. The van der Waals surface area contributed by atoms with Crippen molar-refractivity contribution in [3.05, 3.63) is 29.7 Å². The van der Waals surface area contributed by atoms with E-state index in [0.29, 0.717) is 5.65 Å². The van der Waals surface area contributed by atoms with Gasteiger partial charge >= 0.3 is 5.97 Å². The maximum absolute atomic E-state index is 11.1. The van der Waals surface area contributed by atoms with Crippen molar-refractivity contribution in [2.75, 3.05) is 13.1 Å². The number of pyridine rings is 1. The number of hydrogen-bond acceptors (Lipinski definition) is 4. The average Bonchev–Trinajstić information content (AvgIpc) is 3.03. The van der Waals surface area contributed by atoms with E-state index in [1.54, 1.807) is 18.3 Å². The molecule has 0 aromatic carbocycles. The summed E-state index contributed by atoms with van der Waals surface area (Å²) >= 11 is 0. The Morgan fingerprint density at radius 2 is 2.32 bits per heavy atom. The van der Waals surface area contributed by atoms with Gasteiger partial charge in [-0.1, -0.05) is 6.92 Å². The third-order valence-electron chi connectivity index (χ3n) is 3.74. The molecule has 0 aliphatic carbocycles. The number of rotatable bonds is 3. The first-order valence-electron chi connectivity index (χ1n) is 6.52. The van der Waals surface area contributed by atoms with Crippen LogP contribution in [-0.4, -0.2) is 43.7 Å². The molecule has 1 fully saturated rings. The second-order valence-corrected chi connectivity index (χ2v) is 4.80. The molecule has 6 nitrogen and oxygen atoms in total. The quantitative estimate of drug-likeness (QED) is 0.907. The molecule has 1 aliphatic heterocycles. The highest BCUT2D eigenvalue weighted by Crippen LogP contribution is 2.30. The lowest BCUT2D eigenvalue weighted by molar-refractivity contribution is 0.0696.